The third kappa shape index (κ3) is 2.35. The summed E-state index contributed by atoms with van der Waals surface area (Å²) in [5, 5.41) is 0. The fourth-order valence-electron chi connectivity index (χ4n) is 1.65. The predicted molar refractivity (Wildman–Crippen MR) is 64.3 cm³/mol. The number of hydrogen-bond acceptors (Lipinski definition) is 0. The van der Waals surface area contributed by atoms with Crippen LogP contribution >= 0.6 is 0 Å². The molecule has 0 spiro atoms. The van der Waals surface area contributed by atoms with E-state index in [1.165, 1.54) is 29.5 Å². The lowest BCUT2D eigenvalue weighted by Crippen LogP contribution is -1.86. The van der Waals surface area contributed by atoms with Gasteiger partial charge in [-0.1, -0.05) is 55.5 Å². The Morgan fingerprint density at radius 1 is 1.14 bits per heavy atom. The van der Waals surface area contributed by atoms with Crippen LogP contribution in [0.1, 0.15) is 31.4 Å². The van der Waals surface area contributed by atoms with Gasteiger partial charge in [-0.15, -0.1) is 0 Å². The molecule has 14 heavy (non-hydrogen) atoms. The normalized spacial score (nSPS) is 14.5. The Morgan fingerprint density at radius 2 is 2.00 bits per heavy atom. The molecule has 0 aliphatic heterocycles. The first-order valence-corrected chi connectivity index (χ1v) is 4.80. The van der Waals surface area contributed by atoms with Gasteiger partial charge in [0, 0.05) is 0 Å². The van der Waals surface area contributed by atoms with E-state index >= 15 is 0 Å². The van der Waals surface area contributed by atoms with Crippen molar-refractivity contribution >= 4 is 5.57 Å². The van der Waals surface area contributed by atoms with Crippen molar-refractivity contribution in [3.63, 3.8) is 0 Å². The molecule has 0 nitrogen and oxygen atoms in total. The second-order valence-electron chi connectivity index (χ2n) is 3.51. The summed E-state index contributed by atoms with van der Waals surface area (Å²) in [6.45, 7) is 2.14. The molecule has 0 N–H and O–H groups in total. The van der Waals surface area contributed by atoms with E-state index in [0.717, 1.165) is 0 Å². The second kappa shape index (κ2) is 4.80. The van der Waals surface area contributed by atoms with E-state index < -0.39 is 0 Å². The Bertz CT molecular complexity index is 356. The van der Waals surface area contributed by atoms with Crippen molar-refractivity contribution in [1.82, 2.24) is 0 Å². The van der Waals surface area contributed by atoms with Crippen LogP contribution in [0.5, 0.6) is 0 Å². The van der Waals surface area contributed by atoms with E-state index in [1.54, 1.807) is 0 Å². The molecule has 0 saturated heterocycles. The number of allylic oxidation sites excluding steroid dienone is 4. The fraction of sp³-hybridized carbons (Fsp3) is 0.286. The van der Waals surface area contributed by atoms with Gasteiger partial charge in [0.25, 0.3) is 0 Å². The molecule has 0 heteroatoms. The van der Waals surface area contributed by atoms with Gasteiger partial charge in [0.05, 0.1) is 0 Å². The summed E-state index contributed by atoms with van der Waals surface area (Å²) in [7, 11) is 0. The summed E-state index contributed by atoms with van der Waals surface area (Å²) in [6.07, 6.45) is 9.15. The molecular formula is C14H18. The Labute approximate surface area is 87.0 Å². The summed E-state index contributed by atoms with van der Waals surface area (Å²) in [5.74, 6) is 0. The van der Waals surface area contributed by atoms with Crippen LogP contribution in [0.25, 0.3) is 5.57 Å². The molecule has 0 aromatic heterocycles. The molecule has 0 unspecified atom stereocenters. The van der Waals surface area contributed by atoms with Crippen molar-refractivity contribution in [2.45, 2.75) is 27.2 Å². The molecule has 1 aliphatic carbocycles. The molecule has 0 amide bonds. The van der Waals surface area contributed by atoms with Gasteiger partial charge in [0.15, 0.2) is 0 Å². The average molecular weight is 186 g/mol. The Hall–Kier alpha value is -1.30. The zero-order valence-electron chi connectivity index (χ0n) is 7.96. The molecule has 1 aromatic carbocycles. The van der Waals surface area contributed by atoms with E-state index in [4.69, 9.17) is 0 Å². The van der Waals surface area contributed by atoms with E-state index in [2.05, 4.69) is 49.4 Å². The van der Waals surface area contributed by atoms with E-state index in [1.807, 2.05) is 0 Å². The first-order valence-electron chi connectivity index (χ1n) is 4.80. The standard InChI is InChI=1S/C13H14.CH4/c1-11-6-5-9-13(10-11)12-7-3-2-4-8-12;/h3,5-10H,2,4H2,1H3;1H4. The number of benzene rings is 1. The highest BCUT2D eigenvalue weighted by molar-refractivity contribution is 5.74. The van der Waals surface area contributed by atoms with Crippen LogP contribution < -0.4 is 0 Å². The summed E-state index contributed by atoms with van der Waals surface area (Å²) >= 11 is 0. The average Bonchev–Trinajstić information content (AvgIpc) is 2.19. The quantitative estimate of drug-likeness (QED) is 0.611. The van der Waals surface area contributed by atoms with Crippen molar-refractivity contribution in [1.29, 1.82) is 0 Å². The third-order valence-corrected chi connectivity index (χ3v) is 2.35. The number of rotatable bonds is 1. The SMILES string of the molecule is C.Cc1cccc(C2=CCCC=C2)c1. The molecule has 0 saturated carbocycles. The van der Waals surface area contributed by atoms with Gasteiger partial charge in [0.1, 0.15) is 0 Å². The largest absolute Gasteiger partial charge is 0.0836 e. The van der Waals surface area contributed by atoms with Crippen LogP contribution in [0.4, 0.5) is 0 Å². The van der Waals surface area contributed by atoms with Crippen LogP contribution in [0.15, 0.2) is 42.5 Å². The molecule has 1 aliphatic rings. The molecule has 0 bridgehead atoms. The van der Waals surface area contributed by atoms with Crippen molar-refractivity contribution in [2.75, 3.05) is 0 Å². The van der Waals surface area contributed by atoms with Gasteiger partial charge in [-0.05, 0) is 30.9 Å². The zero-order valence-corrected chi connectivity index (χ0v) is 7.96. The molecule has 0 radical (unpaired) electrons. The molecule has 0 atom stereocenters. The van der Waals surface area contributed by atoms with Crippen molar-refractivity contribution in [3.05, 3.63) is 53.6 Å². The zero-order chi connectivity index (χ0) is 9.10. The van der Waals surface area contributed by atoms with Gasteiger partial charge in [-0.25, -0.2) is 0 Å². The topological polar surface area (TPSA) is 0 Å². The Kier molecular flexibility index (Phi) is 3.70. The van der Waals surface area contributed by atoms with Crippen LogP contribution in [0.3, 0.4) is 0 Å². The lowest BCUT2D eigenvalue weighted by atomic mass is 9.98. The minimum Gasteiger partial charge on any atom is -0.0836 e. The predicted octanol–water partition coefficient (Wildman–Crippen LogP) is 4.36. The maximum Gasteiger partial charge on any atom is -0.0185 e. The maximum atomic E-state index is 2.31. The molecule has 1 aromatic rings. The molecule has 0 heterocycles. The highest BCUT2D eigenvalue weighted by Gasteiger charge is 2.00. The summed E-state index contributed by atoms with van der Waals surface area (Å²) in [4.78, 5) is 0. The smallest absolute Gasteiger partial charge is 0.0185 e. The van der Waals surface area contributed by atoms with Gasteiger partial charge in [-0.2, -0.15) is 0 Å². The van der Waals surface area contributed by atoms with Crippen molar-refractivity contribution in [2.24, 2.45) is 0 Å². The maximum absolute atomic E-state index is 2.31. The lowest BCUT2D eigenvalue weighted by molar-refractivity contribution is 1.04. The van der Waals surface area contributed by atoms with Gasteiger partial charge in [-0.3, -0.25) is 0 Å². The van der Waals surface area contributed by atoms with Crippen LogP contribution in [0.2, 0.25) is 0 Å². The second-order valence-corrected chi connectivity index (χ2v) is 3.51. The van der Waals surface area contributed by atoms with Crippen molar-refractivity contribution < 1.29 is 0 Å². The van der Waals surface area contributed by atoms with E-state index in [-0.39, 0.29) is 7.43 Å². The minimum absolute atomic E-state index is 0. The lowest BCUT2D eigenvalue weighted by Gasteiger charge is -2.07. The van der Waals surface area contributed by atoms with E-state index in [9.17, 15) is 0 Å². The van der Waals surface area contributed by atoms with Crippen LogP contribution in [-0.4, -0.2) is 0 Å². The Morgan fingerprint density at radius 3 is 2.64 bits per heavy atom. The summed E-state index contributed by atoms with van der Waals surface area (Å²) < 4.78 is 0. The number of aryl methyl sites for hydroxylation is 1. The summed E-state index contributed by atoms with van der Waals surface area (Å²) in [5.41, 5.74) is 4.04. The Balaban J connectivity index is 0.000000980. The molecular weight excluding hydrogens is 168 g/mol. The molecule has 0 fully saturated rings. The van der Waals surface area contributed by atoms with Gasteiger partial charge < -0.3 is 0 Å². The minimum atomic E-state index is 0. The molecule has 74 valence electrons. The fourth-order valence-corrected chi connectivity index (χ4v) is 1.65. The van der Waals surface area contributed by atoms with Crippen molar-refractivity contribution in [3.8, 4) is 0 Å². The van der Waals surface area contributed by atoms with Crippen LogP contribution in [0, 0.1) is 6.92 Å². The number of hydrogen-bond donors (Lipinski definition) is 0. The highest BCUT2D eigenvalue weighted by Crippen LogP contribution is 2.21. The van der Waals surface area contributed by atoms with Gasteiger partial charge >= 0.3 is 0 Å². The summed E-state index contributed by atoms with van der Waals surface area (Å²) in [6, 6.07) is 8.67. The van der Waals surface area contributed by atoms with Gasteiger partial charge in [0.2, 0.25) is 0 Å². The molecule has 2 rings (SSSR count). The van der Waals surface area contributed by atoms with E-state index in [0.29, 0.717) is 0 Å². The van der Waals surface area contributed by atoms with Crippen LogP contribution in [-0.2, 0) is 0 Å². The first kappa shape index (κ1) is 10.8. The highest BCUT2D eigenvalue weighted by atomic mass is 14.0. The third-order valence-electron chi connectivity index (χ3n) is 2.35. The monoisotopic (exact) mass is 186 g/mol. The first-order chi connectivity index (χ1) is 6.36.